The molecule has 1 aromatic carbocycles. The third-order valence-electron chi connectivity index (χ3n) is 4.44. The largest absolute Gasteiger partial charge is 0.467 e. The van der Waals surface area contributed by atoms with Crippen molar-refractivity contribution in [3.63, 3.8) is 0 Å². The van der Waals surface area contributed by atoms with E-state index in [0.717, 1.165) is 28.6 Å². The summed E-state index contributed by atoms with van der Waals surface area (Å²) in [7, 11) is 2.91. The van der Waals surface area contributed by atoms with E-state index in [9.17, 15) is 18.0 Å². The number of nitrogens with one attached hydrogen (secondary N) is 1. The second-order valence-electron chi connectivity index (χ2n) is 6.61. The highest BCUT2D eigenvalue weighted by Crippen LogP contribution is 2.29. The summed E-state index contributed by atoms with van der Waals surface area (Å²) in [6.45, 7) is 5.46. The zero-order chi connectivity index (χ0) is 22.8. The molecular formula is C20H20F3N5O3. The van der Waals surface area contributed by atoms with Crippen molar-refractivity contribution >= 4 is 5.70 Å². The minimum atomic E-state index is -4.49. The monoisotopic (exact) mass is 435 g/mol. The second-order valence-corrected chi connectivity index (χ2v) is 6.61. The van der Waals surface area contributed by atoms with Gasteiger partial charge in [-0.1, -0.05) is 24.8 Å². The molecule has 2 heterocycles. The van der Waals surface area contributed by atoms with Crippen molar-refractivity contribution in [1.29, 1.82) is 0 Å². The molecule has 3 rings (SSSR count). The van der Waals surface area contributed by atoms with Crippen LogP contribution < -0.4 is 15.9 Å². The van der Waals surface area contributed by atoms with Gasteiger partial charge in [0.05, 0.1) is 29.8 Å². The normalized spacial score (nSPS) is 11.4. The third kappa shape index (κ3) is 4.61. The van der Waals surface area contributed by atoms with E-state index < -0.39 is 17.4 Å². The number of hydrogen-bond donors (Lipinski definition) is 1. The molecule has 0 atom stereocenters. The Bertz CT molecular complexity index is 1170. The molecule has 2 aromatic heterocycles. The standard InChI is InChI=1S/C20H20F3N5O3/c1-12-6-5-7-14(17(12)28-18(30-4)25-27(3)19(28)29)11-31-26-13(2)16-10-15(8-9-24-16)20(21,22)23/h5-10,26H,2,11H2,1,3-4H3. The lowest BCUT2D eigenvalue weighted by Gasteiger charge is -2.15. The van der Waals surface area contributed by atoms with Crippen molar-refractivity contribution in [2.45, 2.75) is 19.7 Å². The summed E-state index contributed by atoms with van der Waals surface area (Å²) in [5.74, 6) is 0. The molecule has 3 aromatic rings. The summed E-state index contributed by atoms with van der Waals surface area (Å²) in [6.07, 6.45) is -3.45. The van der Waals surface area contributed by atoms with Gasteiger partial charge in [0, 0.05) is 18.8 Å². The first-order valence-corrected chi connectivity index (χ1v) is 9.02. The number of aryl methyl sites for hydroxylation is 2. The maximum atomic E-state index is 12.9. The SMILES string of the molecule is C=C(NOCc1cccc(C)c1-n1c(OC)nn(C)c1=O)c1cc(C(F)(F)F)ccn1. The van der Waals surface area contributed by atoms with Crippen LogP contribution in [0.2, 0.25) is 0 Å². The van der Waals surface area contributed by atoms with Crippen molar-refractivity contribution in [3.8, 4) is 11.7 Å². The zero-order valence-electron chi connectivity index (χ0n) is 17.0. The van der Waals surface area contributed by atoms with Gasteiger partial charge in [-0.25, -0.2) is 14.0 Å². The molecule has 0 amide bonds. The van der Waals surface area contributed by atoms with Gasteiger partial charge in [0.25, 0.3) is 0 Å². The van der Waals surface area contributed by atoms with Gasteiger partial charge in [-0.3, -0.25) is 15.3 Å². The molecule has 11 heteroatoms. The number of pyridine rings is 1. The van der Waals surface area contributed by atoms with E-state index in [2.05, 4.69) is 22.1 Å². The zero-order valence-corrected chi connectivity index (χ0v) is 17.0. The van der Waals surface area contributed by atoms with Crippen molar-refractivity contribution in [2.75, 3.05) is 7.11 Å². The third-order valence-corrected chi connectivity index (χ3v) is 4.44. The molecule has 0 aliphatic carbocycles. The molecule has 0 bridgehead atoms. The first-order chi connectivity index (χ1) is 14.6. The number of alkyl halides is 3. The highest BCUT2D eigenvalue weighted by atomic mass is 19.4. The van der Waals surface area contributed by atoms with Crippen LogP contribution in [0.3, 0.4) is 0 Å². The van der Waals surface area contributed by atoms with Crippen LogP contribution in [0.1, 0.15) is 22.4 Å². The number of benzene rings is 1. The maximum absolute atomic E-state index is 12.9. The summed E-state index contributed by atoms with van der Waals surface area (Å²) in [6, 6.07) is 7.19. The number of ether oxygens (including phenoxy) is 1. The Morgan fingerprint density at radius 2 is 2.03 bits per heavy atom. The molecule has 0 saturated carbocycles. The van der Waals surface area contributed by atoms with E-state index in [4.69, 9.17) is 9.57 Å². The summed E-state index contributed by atoms with van der Waals surface area (Å²) >= 11 is 0. The summed E-state index contributed by atoms with van der Waals surface area (Å²) < 4.78 is 46.3. The van der Waals surface area contributed by atoms with E-state index in [1.54, 1.807) is 12.1 Å². The van der Waals surface area contributed by atoms with Crippen LogP contribution in [0, 0.1) is 6.92 Å². The number of rotatable bonds is 7. The molecule has 0 radical (unpaired) electrons. The lowest BCUT2D eigenvalue weighted by molar-refractivity contribution is -0.137. The van der Waals surface area contributed by atoms with Crippen LogP contribution in [0.4, 0.5) is 13.2 Å². The van der Waals surface area contributed by atoms with Gasteiger partial charge >= 0.3 is 17.9 Å². The van der Waals surface area contributed by atoms with Gasteiger partial charge in [-0.05, 0) is 24.6 Å². The Kier molecular flexibility index (Phi) is 6.16. The molecule has 0 unspecified atom stereocenters. The number of halogens is 3. The van der Waals surface area contributed by atoms with Crippen molar-refractivity contribution in [2.24, 2.45) is 7.05 Å². The molecule has 0 fully saturated rings. The summed E-state index contributed by atoms with van der Waals surface area (Å²) in [4.78, 5) is 21.9. The number of aromatic nitrogens is 4. The average Bonchev–Trinajstić information content (AvgIpc) is 3.01. The molecule has 31 heavy (non-hydrogen) atoms. The highest BCUT2D eigenvalue weighted by Gasteiger charge is 2.30. The van der Waals surface area contributed by atoms with Crippen molar-refractivity contribution < 1.29 is 22.7 Å². The van der Waals surface area contributed by atoms with Crippen LogP contribution in [-0.4, -0.2) is 26.4 Å². The Morgan fingerprint density at radius 3 is 2.71 bits per heavy atom. The average molecular weight is 435 g/mol. The number of hydrogen-bond acceptors (Lipinski definition) is 6. The van der Waals surface area contributed by atoms with Crippen LogP contribution >= 0.6 is 0 Å². The topological polar surface area (TPSA) is 83.2 Å². The quantitative estimate of drug-likeness (QED) is 0.575. The number of methoxy groups -OCH3 is 1. The fourth-order valence-corrected chi connectivity index (χ4v) is 2.95. The van der Waals surface area contributed by atoms with Crippen LogP contribution in [0.15, 0.2) is 47.9 Å². The summed E-state index contributed by atoms with van der Waals surface area (Å²) in [5, 5.41) is 4.04. The Labute approximate surface area is 175 Å². The van der Waals surface area contributed by atoms with Gasteiger partial charge in [-0.2, -0.15) is 13.2 Å². The Balaban J connectivity index is 1.81. The van der Waals surface area contributed by atoms with E-state index in [-0.39, 0.29) is 24.0 Å². The second kappa shape index (κ2) is 8.64. The van der Waals surface area contributed by atoms with Gasteiger partial charge in [-0.15, -0.1) is 5.10 Å². The predicted octanol–water partition coefficient (Wildman–Crippen LogP) is 2.99. The first kappa shape index (κ1) is 22.1. The fraction of sp³-hybridized carbons (Fsp3) is 0.250. The minimum absolute atomic E-state index is 0.00978. The highest BCUT2D eigenvalue weighted by molar-refractivity contribution is 5.57. The van der Waals surface area contributed by atoms with Crippen LogP contribution in [-0.2, 0) is 24.7 Å². The number of hydroxylamine groups is 1. The Morgan fingerprint density at radius 1 is 1.29 bits per heavy atom. The fourth-order valence-electron chi connectivity index (χ4n) is 2.95. The maximum Gasteiger partial charge on any atom is 0.416 e. The van der Waals surface area contributed by atoms with E-state index in [0.29, 0.717) is 11.3 Å². The summed E-state index contributed by atoms with van der Waals surface area (Å²) in [5.41, 5.74) is 3.22. The number of nitrogens with zero attached hydrogens (tertiary/aromatic N) is 4. The van der Waals surface area contributed by atoms with Crippen molar-refractivity contribution in [1.82, 2.24) is 24.8 Å². The van der Waals surface area contributed by atoms with E-state index in [1.807, 2.05) is 13.0 Å². The van der Waals surface area contributed by atoms with Crippen molar-refractivity contribution in [3.05, 3.63) is 76.0 Å². The molecular weight excluding hydrogens is 415 g/mol. The molecule has 1 N–H and O–H groups in total. The molecule has 0 aliphatic rings. The molecule has 8 nitrogen and oxygen atoms in total. The number of para-hydroxylation sites is 1. The van der Waals surface area contributed by atoms with Gasteiger partial charge in [0.1, 0.15) is 6.61 Å². The molecule has 0 saturated heterocycles. The predicted molar refractivity (Wildman–Crippen MR) is 106 cm³/mol. The van der Waals surface area contributed by atoms with E-state index in [1.165, 1.54) is 18.7 Å². The molecule has 0 aliphatic heterocycles. The minimum Gasteiger partial charge on any atom is -0.467 e. The van der Waals surface area contributed by atoms with Crippen LogP contribution in [0.25, 0.3) is 11.4 Å². The lowest BCUT2D eigenvalue weighted by atomic mass is 10.1. The van der Waals surface area contributed by atoms with Gasteiger partial charge in [0.15, 0.2) is 0 Å². The van der Waals surface area contributed by atoms with Gasteiger partial charge < -0.3 is 4.74 Å². The smallest absolute Gasteiger partial charge is 0.416 e. The lowest BCUT2D eigenvalue weighted by Crippen LogP contribution is -2.24. The Hall–Kier alpha value is -3.60. The van der Waals surface area contributed by atoms with Crippen LogP contribution in [0.5, 0.6) is 6.01 Å². The molecule has 164 valence electrons. The van der Waals surface area contributed by atoms with Gasteiger partial charge in [0.2, 0.25) is 0 Å². The van der Waals surface area contributed by atoms with E-state index >= 15 is 0 Å². The molecule has 0 spiro atoms. The first-order valence-electron chi connectivity index (χ1n) is 9.02.